The summed E-state index contributed by atoms with van der Waals surface area (Å²) in [5, 5.41) is 8.17. The number of hydrogen-bond acceptors (Lipinski definition) is 3. The van der Waals surface area contributed by atoms with Crippen molar-refractivity contribution in [3.8, 4) is 0 Å². The van der Waals surface area contributed by atoms with Crippen molar-refractivity contribution in [2.24, 2.45) is 0 Å². The third-order valence-electron chi connectivity index (χ3n) is 2.44. The lowest BCUT2D eigenvalue weighted by molar-refractivity contribution is -0.120. The average Bonchev–Trinajstić information content (AvgIpc) is 2.69. The van der Waals surface area contributed by atoms with Crippen LogP contribution in [0.5, 0.6) is 0 Å². The number of aryl methyl sites for hydroxylation is 1. The largest absolute Gasteiger partial charge is 0.355 e. The maximum absolute atomic E-state index is 11.4. The van der Waals surface area contributed by atoms with Gasteiger partial charge in [-0.15, -0.1) is 11.3 Å². The van der Waals surface area contributed by atoms with Gasteiger partial charge in [-0.25, -0.2) is 0 Å². The number of thiophene rings is 1. The molecule has 0 aliphatic carbocycles. The van der Waals surface area contributed by atoms with Crippen LogP contribution in [-0.4, -0.2) is 19.0 Å². The summed E-state index contributed by atoms with van der Waals surface area (Å²) in [7, 11) is 0. The van der Waals surface area contributed by atoms with E-state index >= 15 is 0 Å². The molecule has 0 saturated carbocycles. The Morgan fingerprint density at radius 2 is 2.31 bits per heavy atom. The lowest BCUT2D eigenvalue weighted by atomic mass is 10.2. The van der Waals surface area contributed by atoms with Crippen LogP contribution in [0.25, 0.3) is 0 Å². The minimum atomic E-state index is 0.0721. The number of carbonyl (C=O) groups excluding carboxylic acids is 1. The smallest absolute Gasteiger partial charge is 0.233 e. The highest BCUT2D eigenvalue weighted by atomic mass is 32.1. The fraction of sp³-hybridized carbons (Fsp3) is 0.583. The normalized spacial score (nSPS) is 12.4. The summed E-state index contributed by atoms with van der Waals surface area (Å²) >= 11 is 1.73. The van der Waals surface area contributed by atoms with Gasteiger partial charge in [0.25, 0.3) is 0 Å². The number of nitrogens with one attached hydrogen (secondary N) is 2. The molecule has 1 unspecified atom stereocenters. The molecule has 0 aromatic carbocycles. The molecule has 0 saturated heterocycles. The van der Waals surface area contributed by atoms with Crippen molar-refractivity contribution < 1.29 is 4.79 Å². The van der Waals surface area contributed by atoms with Gasteiger partial charge in [0.05, 0.1) is 6.54 Å². The molecule has 1 atom stereocenters. The van der Waals surface area contributed by atoms with Crippen molar-refractivity contribution in [2.75, 3.05) is 13.1 Å². The van der Waals surface area contributed by atoms with Gasteiger partial charge in [0, 0.05) is 17.5 Å². The van der Waals surface area contributed by atoms with E-state index in [1.807, 2.05) is 6.92 Å². The Balaban J connectivity index is 2.33. The Morgan fingerprint density at radius 1 is 1.56 bits per heavy atom. The molecule has 4 heteroatoms. The molecule has 0 aliphatic heterocycles. The Hall–Kier alpha value is -0.870. The minimum Gasteiger partial charge on any atom is -0.355 e. The molecular formula is C12H20N2OS. The van der Waals surface area contributed by atoms with Gasteiger partial charge < -0.3 is 10.6 Å². The van der Waals surface area contributed by atoms with E-state index < -0.39 is 0 Å². The third-order valence-corrected chi connectivity index (χ3v) is 3.64. The Labute approximate surface area is 101 Å². The van der Waals surface area contributed by atoms with Crippen LogP contribution in [-0.2, 0) is 4.79 Å². The first-order valence-corrected chi connectivity index (χ1v) is 6.57. The van der Waals surface area contributed by atoms with Crippen molar-refractivity contribution in [1.29, 1.82) is 0 Å². The Bertz CT molecular complexity index is 336. The van der Waals surface area contributed by atoms with Crippen LogP contribution >= 0.6 is 11.3 Å². The Kier molecular flexibility index (Phi) is 5.49. The molecule has 90 valence electrons. The van der Waals surface area contributed by atoms with Crippen LogP contribution < -0.4 is 10.6 Å². The van der Waals surface area contributed by atoms with Gasteiger partial charge in [-0.05, 0) is 37.3 Å². The minimum absolute atomic E-state index is 0.0721. The molecule has 1 aromatic rings. The van der Waals surface area contributed by atoms with Crippen LogP contribution in [0.2, 0.25) is 0 Å². The van der Waals surface area contributed by atoms with Crippen LogP contribution in [0, 0.1) is 6.92 Å². The van der Waals surface area contributed by atoms with E-state index in [-0.39, 0.29) is 11.9 Å². The number of amides is 1. The van der Waals surface area contributed by atoms with E-state index in [0.29, 0.717) is 6.54 Å². The van der Waals surface area contributed by atoms with Crippen molar-refractivity contribution >= 4 is 17.2 Å². The molecule has 3 nitrogen and oxygen atoms in total. The van der Waals surface area contributed by atoms with Gasteiger partial charge in [-0.1, -0.05) is 6.92 Å². The zero-order valence-corrected chi connectivity index (χ0v) is 11.0. The predicted molar refractivity (Wildman–Crippen MR) is 68.8 cm³/mol. The summed E-state index contributed by atoms with van der Waals surface area (Å²) in [6.45, 7) is 7.38. The van der Waals surface area contributed by atoms with Gasteiger partial charge in [0.1, 0.15) is 0 Å². The molecule has 0 bridgehead atoms. The lowest BCUT2D eigenvalue weighted by Crippen LogP contribution is -2.35. The standard InChI is InChI=1S/C12H20N2OS/c1-4-6-13-11(15)8-14-10(3)12-9(2)5-7-16-12/h5,7,10,14H,4,6,8H2,1-3H3,(H,13,15). The molecule has 1 amide bonds. The summed E-state index contributed by atoms with van der Waals surface area (Å²) in [4.78, 5) is 12.7. The average molecular weight is 240 g/mol. The van der Waals surface area contributed by atoms with E-state index in [9.17, 15) is 4.79 Å². The van der Waals surface area contributed by atoms with Crippen LogP contribution in [0.3, 0.4) is 0 Å². The molecule has 0 fully saturated rings. The number of hydrogen-bond donors (Lipinski definition) is 2. The second-order valence-electron chi connectivity index (χ2n) is 3.92. The van der Waals surface area contributed by atoms with Gasteiger partial charge in [0.15, 0.2) is 0 Å². The van der Waals surface area contributed by atoms with E-state index in [4.69, 9.17) is 0 Å². The predicted octanol–water partition coefficient (Wildman–Crippen LogP) is 2.23. The summed E-state index contributed by atoms with van der Waals surface area (Å²) in [5.74, 6) is 0.0721. The topological polar surface area (TPSA) is 41.1 Å². The van der Waals surface area contributed by atoms with Gasteiger partial charge in [-0.3, -0.25) is 4.79 Å². The first kappa shape index (κ1) is 13.2. The van der Waals surface area contributed by atoms with Gasteiger partial charge >= 0.3 is 0 Å². The summed E-state index contributed by atoms with van der Waals surface area (Å²) in [5.41, 5.74) is 1.29. The van der Waals surface area contributed by atoms with Crippen LogP contribution in [0.4, 0.5) is 0 Å². The van der Waals surface area contributed by atoms with Crippen molar-refractivity contribution in [3.05, 3.63) is 21.9 Å². The zero-order chi connectivity index (χ0) is 12.0. The first-order valence-electron chi connectivity index (χ1n) is 5.69. The van der Waals surface area contributed by atoms with Crippen LogP contribution in [0.15, 0.2) is 11.4 Å². The molecule has 16 heavy (non-hydrogen) atoms. The maximum Gasteiger partial charge on any atom is 0.233 e. The Morgan fingerprint density at radius 3 is 2.88 bits per heavy atom. The second-order valence-corrected chi connectivity index (χ2v) is 4.87. The van der Waals surface area contributed by atoms with Gasteiger partial charge in [-0.2, -0.15) is 0 Å². The van der Waals surface area contributed by atoms with Crippen molar-refractivity contribution in [3.63, 3.8) is 0 Å². The summed E-state index contributed by atoms with van der Waals surface area (Å²) in [6, 6.07) is 2.35. The van der Waals surface area contributed by atoms with E-state index in [2.05, 4.69) is 35.9 Å². The molecule has 1 heterocycles. The quantitative estimate of drug-likeness (QED) is 0.800. The number of carbonyl (C=O) groups is 1. The van der Waals surface area contributed by atoms with Gasteiger partial charge in [0.2, 0.25) is 5.91 Å². The maximum atomic E-state index is 11.4. The molecule has 1 rings (SSSR count). The first-order chi connectivity index (χ1) is 7.65. The second kappa shape index (κ2) is 6.66. The third kappa shape index (κ3) is 3.94. The molecule has 2 N–H and O–H groups in total. The van der Waals surface area contributed by atoms with E-state index in [1.165, 1.54) is 10.4 Å². The molecular weight excluding hydrogens is 220 g/mol. The van der Waals surface area contributed by atoms with E-state index in [1.54, 1.807) is 11.3 Å². The zero-order valence-electron chi connectivity index (χ0n) is 10.2. The molecule has 0 radical (unpaired) electrons. The summed E-state index contributed by atoms with van der Waals surface area (Å²) < 4.78 is 0. The van der Waals surface area contributed by atoms with Crippen molar-refractivity contribution in [1.82, 2.24) is 10.6 Å². The molecule has 1 aromatic heterocycles. The van der Waals surface area contributed by atoms with Crippen molar-refractivity contribution in [2.45, 2.75) is 33.2 Å². The fourth-order valence-electron chi connectivity index (χ4n) is 1.49. The highest BCUT2D eigenvalue weighted by Gasteiger charge is 2.10. The molecule has 0 aliphatic rings. The lowest BCUT2D eigenvalue weighted by Gasteiger charge is -2.13. The highest BCUT2D eigenvalue weighted by molar-refractivity contribution is 7.10. The number of rotatable bonds is 6. The SMILES string of the molecule is CCCNC(=O)CNC(C)c1sccc1C. The highest BCUT2D eigenvalue weighted by Crippen LogP contribution is 2.22. The fourth-order valence-corrected chi connectivity index (χ4v) is 2.45. The van der Waals surface area contributed by atoms with E-state index in [0.717, 1.165) is 13.0 Å². The monoisotopic (exact) mass is 240 g/mol. The summed E-state index contributed by atoms with van der Waals surface area (Å²) in [6.07, 6.45) is 0.978. The molecule has 0 spiro atoms. The van der Waals surface area contributed by atoms with Crippen LogP contribution in [0.1, 0.15) is 36.8 Å².